The first-order valence-corrected chi connectivity index (χ1v) is 5.05. The Bertz CT molecular complexity index is 111. The Labute approximate surface area is 78.1 Å². The molecule has 0 atom stereocenters. The van der Waals surface area contributed by atoms with E-state index in [0.717, 1.165) is 5.92 Å². The van der Waals surface area contributed by atoms with Crippen LogP contribution in [0, 0.1) is 5.92 Å². The fraction of sp³-hybridized carbons (Fsp3) is 1.00. The molecule has 0 saturated heterocycles. The lowest BCUT2D eigenvalue weighted by atomic mass is 10.0. The first kappa shape index (κ1) is 12.0. The summed E-state index contributed by atoms with van der Waals surface area (Å²) in [6.45, 7) is 12.6. The van der Waals surface area contributed by atoms with E-state index in [-0.39, 0.29) is 0 Å². The molecule has 1 nitrogen and oxygen atoms in total. The molecule has 0 aliphatic rings. The quantitative estimate of drug-likeness (QED) is 0.628. The zero-order valence-corrected chi connectivity index (χ0v) is 9.65. The minimum absolute atomic E-state index is 0.330. The molecule has 0 unspecified atom stereocenters. The molecular formula is C11H25N. The molecule has 0 aromatic carbocycles. The Morgan fingerprint density at radius 1 is 1.17 bits per heavy atom. The van der Waals surface area contributed by atoms with Gasteiger partial charge in [-0.3, -0.25) is 0 Å². The van der Waals surface area contributed by atoms with Crippen LogP contribution >= 0.6 is 0 Å². The molecule has 0 aromatic rings. The fourth-order valence-electron chi connectivity index (χ4n) is 1.07. The van der Waals surface area contributed by atoms with E-state index in [9.17, 15) is 0 Å². The summed E-state index contributed by atoms with van der Waals surface area (Å²) in [6.07, 6.45) is 2.67. The van der Waals surface area contributed by atoms with Gasteiger partial charge < -0.3 is 4.90 Å². The predicted molar refractivity (Wildman–Crippen MR) is 56.5 cm³/mol. The molecule has 0 rings (SSSR count). The highest BCUT2D eigenvalue weighted by molar-refractivity contribution is 4.72. The van der Waals surface area contributed by atoms with Crippen LogP contribution in [-0.2, 0) is 0 Å². The minimum Gasteiger partial charge on any atom is -0.302 e. The van der Waals surface area contributed by atoms with Crippen LogP contribution in [0.5, 0.6) is 0 Å². The van der Waals surface area contributed by atoms with Crippen molar-refractivity contribution in [1.29, 1.82) is 0 Å². The largest absolute Gasteiger partial charge is 0.302 e. The second-order valence-electron chi connectivity index (χ2n) is 5.13. The number of nitrogens with zero attached hydrogens (tertiary/aromatic N) is 1. The van der Waals surface area contributed by atoms with Crippen molar-refractivity contribution in [3.05, 3.63) is 0 Å². The van der Waals surface area contributed by atoms with E-state index in [0.29, 0.717) is 5.54 Å². The van der Waals surface area contributed by atoms with Crippen LogP contribution in [0.1, 0.15) is 47.5 Å². The molecule has 0 bridgehead atoms. The van der Waals surface area contributed by atoms with Gasteiger partial charge in [-0.1, -0.05) is 13.8 Å². The Morgan fingerprint density at radius 3 is 2.00 bits per heavy atom. The second kappa shape index (κ2) is 4.86. The third-order valence-corrected chi connectivity index (χ3v) is 2.42. The van der Waals surface area contributed by atoms with Crippen LogP contribution in [-0.4, -0.2) is 24.0 Å². The summed E-state index contributed by atoms with van der Waals surface area (Å²) in [5.41, 5.74) is 0.330. The molecule has 1 heteroatoms. The number of hydrogen-bond acceptors (Lipinski definition) is 1. The van der Waals surface area contributed by atoms with E-state index >= 15 is 0 Å². The maximum Gasteiger partial charge on any atom is 0.0122 e. The van der Waals surface area contributed by atoms with Gasteiger partial charge in [0.2, 0.25) is 0 Å². The van der Waals surface area contributed by atoms with Crippen LogP contribution in [0.2, 0.25) is 0 Å². The summed E-state index contributed by atoms with van der Waals surface area (Å²) in [4.78, 5) is 2.43. The summed E-state index contributed by atoms with van der Waals surface area (Å²) in [6, 6.07) is 0. The average molecular weight is 171 g/mol. The monoisotopic (exact) mass is 171 g/mol. The van der Waals surface area contributed by atoms with Gasteiger partial charge >= 0.3 is 0 Å². The third kappa shape index (κ3) is 5.59. The lowest BCUT2D eigenvalue weighted by Crippen LogP contribution is -2.38. The molecule has 0 N–H and O–H groups in total. The summed E-state index contributed by atoms with van der Waals surface area (Å²) in [5, 5.41) is 0. The van der Waals surface area contributed by atoms with Gasteiger partial charge in [0.25, 0.3) is 0 Å². The first-order chi connectivity index (χ1) is 5.34. The van der Waals surface area contributed by atoms with Gasteiger partial charge in [-0.2, -0.15) is 0 Å². The number of hydrogen-bond donors (Lipinski definition) is 0. The highest BCUT2D eigenvalue weighted by atomic mass is 15.1. The average Bonchev–Trinajstić information content (AvgIpc) is 1.84. The Kier molecular flexibility index (Phi) is 4.84. The van der Waals surface area contributed by atoms with E-state index in [4.69, 9.17) is 0 Å². The topological polar surface area (TPSA) is 3.24 Å². The van der Waals surface area contributed by atoms with E-state index in [1.54, 1.807) is 0 Å². The van der Waals surface area contributed by atoms with Gasteiger partial charge in [0.1, 0.15) is 0 Å². The first-order valence-electron chi connectivity index (χ1n) is 5.05. The van der Waals surface area contributed by atoms with Crippen molar-refractivity contribution in [2.45, 2.75) is 53.0 Å². The van der Waals surface area contributed by atoms with Crippen LogP contribution < -0.4 is 0 Å². The van der Waals surface area contributed by atoms with Gasteiger partial charge in [-0.15, -0.1) is 0 Å². The van der Waals surface area contributed by atoms with Gasteiger partial charge in [-0.25, -0.2) is 0 Å². The van der Waals surface area contributed by atoms with E-state index in [2.05, 4.69) is 46.6 Å². The Hall–Kier alpha value is -0.0400. The Balaban J connectivity index is 3.51. The predicted octanol–water partition coefficient (Wildman–Crippen LogP) is 3.15. The van der Waals surface area contributed by atoms with E-state index < -0.39 is 0 Å². The molecule has 0 heterocycles. The molecule has 0 radical (unpaired) electrons. The molecular weight excluding hydrogens is 146 g/mol. The van der Waals surface area contributed by atoms with Crippen LogP contribution in [0.3, 0.4) is 0 Å². The molecule has 0 aliphatic heterocycles. The second-order valence-corrected chi connectivity index (χ2v) is 5.13. The minimum atomic E-state index is 0.330. The summed E-state index contributed by atoms with van der Waals surface area (Å²) >= 11 is 0. The summed E-state index contributed by atoms with van der Waals surface area (Å²) in [5.74, 6) is 0.846. The van der Waals surface area contributed by atoms with Gasteiger partial charge in [0.15, 0.2) is 0 Å². The van der Waals surface area contributed by atoms with Crippen molar-refractivity contribution in [3.8, 4) is 0 Å². The van der Waals surface area contributed by atoms with Gasteiger partial charge in [-0.05, 0) is 53.1 Å². The highest BCUT2D eigenvalue weighted by Gasteiger charge is 2.15. The van der Waals surface area contributed by atoms with Crippen molar-refractivity contribution in [3.63, 3.8) is 0 Å². The fourth-order valence-corrected chi connectivity index (χ4v) is 1.07. The summed E-state index contributed by atoms with van der Waals surface area (Å²) in [7, 11) is 2.21. The lowest BCUT2D eigenvalue weighted by Gasteiger charge is -2.32. The number of rotatable bonds is 4. The molecule has 0 amide bonds. The lowest BCUT2D eigenvalue weighted by molar-refractivity contribution is 0.170. The van der Waals surface area contributed by atoms with Crippen LogP contribution in [0.15, 0.2) is 0 Å². The smallest absolute Gasteiger partial charge is 0.0122 e. The van der Waals surface area contributed by atoms with Crippen molar-refractivity contribution in [2.75, 3.05) is 13.6 Å². The zero-order chi connectivity index (χ0) is 9.78. The third-order valence-electron chi connectivity index (χ3n) is 2.42. The maximum absolute atomic E-state index is 2.43. The molecule has 0 saturated carbocycles. The molecule has 0 aliphatic carbocycles. The Morgan fingerprint density at radius 2 is 1.67 bits per heavy atom. The van der Waals surface area contributed by atoms with E-state index in [1.165, 1.54) is 19.4 Å². The van der Waals surface area contributed by atoms with Gasteiger partial charge in [0, 0.05) is 5.54 Å². The molecule has 12 heavy (non-hydrogen) atoms. The van der Waals surface area contributed by atoms with Crippen molar-refractivity contribution in [1.82, 2.24) is 4.90 Å². The maximum atomic E-state index is 2.43. The zero-order valence-electron chi connectivity index (χ0n) is 9.65. The normalized spacial score (nSPS) is 13.0. The van der Waals surface area contributed by atoms with Crippen molar-refractivity contribution < 1.29 is 0 Å². The van der Waals surface area contributed by atoms with Crippen molar-refractivity contribution in [2.24, 2.45) is 5.92 Å². The standard InChI is InChI=1S/C11H25N/c1-10(2)8-7-9-12(6)11(3,4)5/h10H,7-9H2,1-6H3. The summed E-state index contributed by atoms with van der Waals surface area (Å²) < 4.78 is 0. The highest BCUT2D eigenvalue weighted by Crippen LogP contribution is 2.12. The molecule has 74 valence electrons. The molecule has 0 fully saturated rings. The van der Waals surface area contributed by atoms with Crippen LogP contribution in [0.25, 0.3) is 0 Å². The van der Waals surface area contributed by atoms with E-state index in [1.807, 2.05) is 0 Å². The van der Waals surface area contributed by atoms with Crippen LogP contribution in [0.4, 0.5) is 0 Å². The SMILES string of the molecule is CC(C)CCCN(C)C(C)(C)C. The van der Waals surface area contributed by atoms with Crippen molar-refractivity contribution >= 4 is 0 Å². The van der Waals surface area contributed by atoms with Gasteiger partial charge in [0.05, 0.1) is 0 Å². The molecule has 0 spiro atoms. The molecule has 0 aromatic heterocycles.